The summed E-state index contributed by atoms with van der Waals surface area (Å²) in [5.74, 6) is 0.706. The molecule has 1 N–H and O–H groups in total. The van der Waals surface area contributed by atoms with Gasteiger partial charge in [-0.05, 0) is 31.8 Å². The summed E-state index contributed by atoms with van der Waals surface area (Å²) in [7, 11) is 1.78. The normalized spacial score (nSPS) is 25.6. The summed E-state index contributed by atoms with van der Waals surface area (Å²) < 4.78 is 10.5. The second-order valence-corrected chi connectivity index (χ2v) is 5.77. The first-order chi connectivity index (χ1) is 9.28. The fourth-order valence-corrected chi connectivity index (χ4v) is 3.01. The molecule has 0 saturated carbocycles. The van der Waals surface area contributed by atoms with Crippen molar-refractivity contribution in [1.82, 2.24) is 9.80 Å². The molecule has 2 heterocycles. The highest BCUT2D eigenvalue weighted by Crippen LogP contribution is 2.17. The van der Waals surface area contributed by atoms with E-state index in [0.29, 0.717) is 5.92 Å². The second-order valence-electron chi connectivity index (χ2n) is 5.77. The number of hydrogen-bond donors (Lipinski definition) is 1. The molecule has 112 valence electrons. The van der Waals surface area contributed by atoms with Gasteiger partial charge in [0.2, 0.25) is 0 Å². The van der Waals surface area contributed by atoms with E-state index < -0.39 is 0 Å². The van der Waals surface area contributed by atoms with Gasteiger partial charge < -0.3 is 19.5 Å². The van der Waals surface area contributed by atoms with Gasteiger partial charge in [0, 0.05) is 39.9 Å². The van der Waals surface area contributed by atoms with Gasteiger partial charge in [0.05, 0.1) is 19.3 Å². The van der Waals surface area contributed by atoms with Crippen LogP contribution in [0, 0.1) is 5.92 Å². The molecule has 0 aromatic heterocycles. The monoisotopic (exact) mass is 272 g/mol. The third-order valence-corrected chi connectivity index (χ3v) is 4.15. The maximum Gasteiger partial charge on any atom is 0.0793 e. The molecule has 5 nitrogen and oxygen atoms in total. The molecule has 0 spiro atoms. The predicted molar refractivity (Wildman–Crippen MR) is 74.3 cm³/mol. The highest BCUT2D eigenvalue weighted by molar-refractivity contribution is 4.76. The first-order valence-corrected chi connectivity index (χ1v) is 7.47. The Labute approximate surface area is 116 Å². The van der Waals surface area contributed by atoms with Crippen LogP contribution in [0.3, 0.4) is 0 Å². The van der Waals surface area contributed by atoms with Crippen molar-refractivity contribution in [1.29, 1.82) is 0 Å². The SMILES string of the molecule is COCC1CCN(CC(O)CN2CCOCC2)CC1. The summed E-state index contributed by atoms with van der Waals surface area (Å²) in [6, 6.07) is 0. The van der Waals surface area contributed by atoms with Crippen molar-refractivity contribution in [2.24, 2.45) is 5.92 Å². The van der Waals surface area contributed by atoms with Crippen LogP contribution in [0.15, 0.2) is 0 Å². The zero-order chi connectivity index (χ0) is 13.5. The van der Waals surface area contributed by atoms with Gasteiger partial charge in [-0.3, -0.25) is 4.90 Å². The minimum absolute atomic E-state index is 0.239. The first-order valence-electron chi connectivity index (χ1n) is 7.47. The van der Waals surface area contributed by atoms with E-state index in [0.717, 1.165) is 59.1 Å². The lowest BCUT2D eigenvalue weighted by Gasteiger charge is -2.34. The smallest absolute Gasteiger partial charge is 0.0793 e. The molecule has 0 radical (unpaired) electrons. The average Bonchev–Trinajstić information content (AvgIpc) is 2.42. The lowest BCUT2D eigenvalue weighted by atomic mass is 9.97. The molecule has 5 heteroatoms. The van der Waals surface area contributed by atoms with Gasteiger partial charge in [0.1, 0.15) is 0 Å². The molecule has 2 saturated heterocycles. The van der Waals surface area contributed by atoms with Gasteiger partial charge in [-0.2, -0.15) is 0 Å². The molecule has 0 aliphatic carbocycles. The quantitative estimate of drug-likeness (QED) is 0.739. The number of methoxy groups -OCH3 is 1. The Bertz CT molecular complexity index is 239. The molecular weight excluding hydrogens is 244 g/mol. The van der Waals surface area contributed by atoms with E-state index in [4.69, 9.17) is 9.47 Å². The molecule has 0 bridgehead atoms. The average molecular weight is 272 g/mol. The minimum atomic E-state index is -0.239. The number of aliphatic hydroxyl groups excluding tert-OH is 1. The molecule has 2 rings (SSSR count). The summed E-state index contributed by atoms with van der Waals surface area (Å²) in [6.45, 7) is 8.15. The van der Waals surface area contributed by atoms with Crippen molar-refractivity contribution in [3.05, 3.63) is 0 Å². The molecular formula is C14H28N2O3. The zero-order valence-corrected chi connectivity index (χ0v) is 12.1. The van der Waals surface area contributed by atoms with Crippen molar-refractivity contribution < 1.29 is 14.6 Å². The summed E-state index contributed by atoms with van der Waals surface area (Å²) in [4.78, 5) is 4.68. The number of morpholine rings is 1. The number of hydrogen-bond acceptors (Lipinski definition) is 5. The maximum absolute atomic E-state index is 10.2. The van der Waals surface area contributed by atoms with Gasteiger partial charge in [-0.15, -0.1) is 0 Å². The maximum atomic E-state index is 10.2. The largest absolute Gasteiger partial charge is 0.390 e. The lowest BCUT2D eigenvalue weighted by Crippen LogP contribution is -2.46. The molecule has 1 atom stereocenters. The summed E-state index contributed by atoms with van der Waals surface area (Å²) in [5.41, 5.74) is 0. The standard InChI is InChI=1S/C14H28N2O3/c1-18-12-13-2-4-15(5-3-13)10-14(17)11-16-6-8-19-9-7-16/h13-14,17H,2-12H2,1H3. The topological polar surface area (TPSA) is 45.2 Å². The van der Waals surface area contributed by atoms with Crippen LogP contribution in [-0.2, 0) is 9.47 Å². The second kappa shape index (κ2) is 8.17. The molecule has 2 aliphatic rings. The first kappa shape index (κ1) is 15.2. The van der Waals surface area contributed by atoms with Gasteiger partial charge >= 0.3 is 0 Å². The zero-order valence-electron chi connectivity index (χ0n) is 12.1. The molecule has 0 aromatic rings. The summed E-state index contributed by atoms with van der Waals surface area (Å²) in [5, 5.41) is 10.2. The van der Waals surface area contributed by atoms with Gasteiger partial charge in [-0.1, -0.05) is 0 Å². The van der Waals surface area contributed by atoms with Crippen LogP contribution < -0.4 is 0 Å². The number of ether oxygens (including phenoxy) is 2. The number of likely N-dealkylation sites (tertiary alicyclic amines) is 1. The number of rotatable bonds is 6. The van der Waals surface area contributed by atoms with Crippen molar-refractivity contribution in [2.75, 3.05) is 66.2 Å². The molecule has 2 fully saturated rings. The van der Waals surface area contributed by atoms with Gasteiger partial charge in [0.25, 0.3) is 0 Å². The van der Waals surface area contributed by atoms with E-state index in [9.17, 15) is 5.11 Å². The minimum Gasteiger partial charge on any atom is -0.390 e. The van der Waals surface area contributed by atoms with Crippen LogP contribution in [0.25, 0.3) is 0 Å². The summed E-state index contributed by atoms with van der Waals surface area (Å²) >= 11 is 0. The fraction of sp³-hybridized carbons (Fsp3) is 1.00. The van der Waals surface area contributed by atoms with Gasteiger partial charge in [-0.25, -0.2) is 0 Å². The fourth-order valence-electron chi connectivity index (χ4n) is 3.01. The summed E-state index contributed by atoms with van der Waals surface area (Å²) in [6.07, 6.45) is 2.15. The Hall–Kier alpha value is -0.200. The highest BCUT2D eigenvalue weighted by atomic mass is 16.5. The molecule has 0 amide bonds. The lowest BCUT2D eigenvalue weighted by molar-refractivity contribution is 0.00254. The molecule has 2 aliphatic heterocycles. The Morgan fingerprint density at radius 1 is 1.11 bits per heavy atom. The van der Waals surface area contributed by atoms with E-state index in [1.165, 1.54) is 12.8 Å². The Morgan fingerprint density at radius 2 is 1.68 bits per heavy atom. The van der Waals surface area contributed by atoms with E-state index in [-0.39, 0.29) is 6.10 Å². The molecule has 1 unspecified atom stereocenters. The number of aliphatic hydroxyl groups is 1. The van der Waals surface area contributed by atoms with Crippen molar-refractivity contribution in [3.63, 3.8) is 0 Å². The van der Waals surface area contributed by atoms with Crippen molar-refractivity contribution >= 4 is 0 Å². The van der Waals surface area contributed by atoms with Crippen molar-refractivity contribution in [2.45, 2.75) is 18.9 Å². The molecule has 19 heavy (non-hydrogen) atoms. The van der Waals surface area contributed by atoms with Crippen molar-refractivity contribution in [3.8, 4) is 0 Å². The Morgan fingerprint density at radius 3 is 2.26 bits per heavy atom. The van der Waals surface area contributed by atoms with Crippen LogP contribution >= 0.6 is 0 Å². The van der Waals surface area contributed by atoms with Crippen LogP contribution in [0.5, 0.6) is 0 Å². The van der Waals surface area contributed by atoms with E-state index in [2.05, 4.69) is 9.80 Å². The predicted octanol–water partition coefficient (Wildman–Crippen LogP) is 0.0379. The van der Waals surface area contributed by atoms with Crippen LogP contribution in [0.4, 0.5) is 0 Å². The third-order valence-electron chi connectivity index (χ3n) is 4.15. The Balaban J connectivity index is 1.61. The van der Waals surface area contributed by atoms with Gasteiger partial charge in [0.15, 0.2) is 0 Å². The van der Waals surface area contributed by atoms with E-state index >= 15 is 0 Å². The number of piperidine rings is 1. The van der Waals surface area contributed by atoms with Crippen LogP contribution in [0.1, 0.15) is 12.8 Å². The highest BCUT2D eigenvalue weighted by Gasteiger charge is 2.22. The number of nitrogens with zero attached hydrogens (tertiary/aromatic N) is 2. The van der Waals surface area contributed by atoms with E-state index in [1.54, 1.807) is 7.11 Å². The van der Waals surface area contributed by atoms with Crippen LogP contribution in [0.2, 0.25) is 0 Å². The number of β-amino-alcohol motifs (C(OH)–C–C–N with tert-alkyl or cyclic N) is 1. The van der Waals surface area contributed by atoms with Crippen LogP contribution in [-0.4, -0.2) is 87.2 Å². The third kappa shape index (κ3) is 5.36. The van der Waals surface area contributed by atoms with E-state index in [1.807, 2.05) is 0 Å². The Kier molecular flexibility index (Phi) is 6.53. The molecule has 0 aromatic carbocycles.